The van der Waals surface area contributed by atoms with E-state index in [1.165, 1.54) is 25.7 Å². The number of hydrogen-bond acceptors (Lipinski definition) is 1. The molecule has 0 saturated heterocycles. The molecule has 1 saturated carbocycles. The monoisotopic (exact) mass is 128 g/mol. The van der Waals surface area contributed by atoms with Crippen molar-refractivity contribution in [2.75, 3.05) is 7.11 Å². The molecule has 0 aromatic heterocycles. The van der Waals surface area contributed by atoms with Crippen molar-refractivity contribution in [3.05, 3.63) is 0 Å². The van der Waals surface area contributed by atoms with Crippen molar-refractivity contribution in [1.82, 2.24) is 0 Å². The maximum Gasteiger partial charge on any atom is 0.0596 e. The van der Waals surface area contributed by atoms with Crippen LogP contribution in [0.5, 0.6) is 0 Å². The van der Waals surface area contributed by atoms with E-state index in [9.17, 15) is 0 Å². The molecule has 0 aromatic rings. The first kappa shape index (κ1) is 7.07. The van der Waals surface area contributed by atoms with E-state index in [-0.39, 0.29) is 0 Å². The fraction of sp³-hybridized carbons (Fsp3) is 1.00. The van der Waals surface area contributed by atoms with E-state index >= 15 is 0 Å². The van der Waals surface area contributed by atoms with Crippen molar-refractivity contribution in [2.24, 2.45) is 5.92 Å². The van der Waals surface area contributed by atoms with Crippen molar-refractivity contribution in [3.8, 4) is 0 Å². The largest absolute Gasteiger partial charge is 0.381 e. The molecule has 1 nitrogen and oxygen atoms in total. The van der Waals surface area contributed by atoms with Crippen LogP contribution in [0.2, 0.25) is 0 Å². The highest BCUT2D eigenvalue weighted by atomic mass is 16.5. The van der Waals surface area contributed by atoms with Crippen LogP contribution >= 0.6 is 0 Å². The number of methoxy groups -OCH3 is 1. The highest BCUT2D eigenvalue weighted by Gasteiger charge is 2.19. The molecule has 1 heteroatoms. The van der Waals surface area contributed by atoms with Crippen molar-refractivity contribution in [1.29, 1.82) is 0 Å². The Hall–Kier alpha value is -0.0400. The molecule has 0 aromatic carbocycles. The van der Waals surface area contributed by atoms with Crippen LogP contribution in [0.3, 0.4) is 0 Å². The summed E-state index contributed by atoms with van der Waals surface area (Å²) in [5.74, 6) is 0.795. The van der Waals surface area contributed by atoms with Crippen LogP contribution in [0.4, 0.5) is 0 Å². The van der Waals surface area contributed by atoms with Gasteiger partial charge >= 0.3 is 0 Å². The molecule has 1 unspecified atom stereocenters. The molecular weight excluding hydrogens is 112 g/mol. The summed E-state index contributed by atoms with van der Waals surface area (Å²) >= 11 is 0. The summed E-state index contributed by atoms with van der Waals surface area (Å²) in [5, 5.41) is 0. The van der Waals surface area contributed by atoms with Crippen LogP contribution in [0.1, 0.15) is 32.6 Å². The van der Waals surface area contributed by atoms with Gasteiger partial charge < -0.3 is 4.74 Å². The van der Waals surface area contributed by atoms with E-state index < -0.39 is 0 Å². The Morgan fingerprint density at radius 3 is 2.33 bits per heavy atom. The third-order valence-electron chi connectivity index (χ3n) is 2.34. The Morgan fingerprint density at radius 1 is 1.22 bits per heavy atom. The van der Waals surface area contributed by atoms with E-state index in [1.54, 1.807) is 0 Å². The van der Waals surface area contributed by atoms with Gasteiger partial charge in [-0.05, 0) is 18.8 Å². The van der Waals surface area contributed by atoms with Gasteiger partial charge in [-0.15, -0.1) is 0 Å². The molecule has 0 amide bonds. The highest BCUT2D eigenvalue weighted by Crippen LogP contribution is 2.25. The van der Waals surface area contributed by atoms with Gasteiger partial charge in [-0.3, -0.25) is 0 Å². The van der Waals surface area contributed by atoms with Crippen LogP contribution < -0.4 is 0 Å². The fourth-order valence-corrected chi connectivity index (χ4v) is 1.63. The molecule has 0 N–H and O–H groups in total. The molecule has 1 rings (SSSR count). The first-order chi connectivity index (χ1) is 4.34. The molecule has 54 valence electrons. The van der Waals surface area contributed by atoms with Crippen molar-refractivity contribution in [3.63, 3.8) is 0 Å². The normalized spacial score (nSPS) is 36.7. The zero-order valence-corrected chi connectivity index (χ0v) is 6.39. The Labute approximate surface area is 57.4 Å². The molecule has 0 spiro atoms. The first-order valence-corrected chi connectivity index (χ1v) is 3.87. The summed E-state index contributed by atoms with van der Waals surface area (Å²) in [4.78, 5) is 0. The molecular formula is C8H16O. The van der Waals surface area contributed by atoms with Crippen LogP contribution in [0.25, 0.3) is 0 Å². The van der Waals surface area contributed by atoms with Crippen LogP contribution in [-0.2, 0) is 4.74 Å². The summed E-state index contributed by atoms with van der Waals surface area (Å²) in [6.45, 7) is 2.29. The second-order valence-corrected chi connectivity index (χ2v) is 3.04. The van der Waals surface area contributed by atoms with Gasteiger partial charge in [0.15, 0.2) is 0 Å². The third-order valence-corrected chi connectivity index (χ3v) is 2.34. The van der Waals surface area contributed by atoms with Gasteiger partial charge in [-0.2, -0.15) is 0 Å². The van der Waals surface area contributed by atoms with Crippen molar-refractivity contribution in [2.45, 2.75) is 38.7 Å². The topological polar surface area (TPSA) is 9.23 Å². The first-order valence-electron chi connectivity index (χ1n) is 3.87. The lowest BCUT2D eigenvalue weighted by molar-refractivity contribution is 0.0310. The van der Waals surface area contributed by atoms with Crippen LogP contribution in [0, 0.1) is 5.92 Å². The number of rotatable bonds is 1. The van der Waals surface area contributed by atoms with Gasteiger partial charge in [0.05, 0.1) is 6.10 Å². The van der Waals surface area contributed by atoms with Gasteiger partial charge in [0.2, 0.25) is 0 Å². The maximum absolute atomic E-state index is 5.30. The zero-order valence-electron chi connectivity index (χ0n) is 6.39. The zero-order chi connectivity index (χ0) is 6.69. The summed E-state index contributed by atoms with van der Waals surface area (Å²) in [6.07, 6.45) is 5.96. The predicted octanol–water partition coefficient (Wildman–Crippen LogP) is 2.21. The fourth-order valence-electron chi connectivity index (χ4n) is 1.63. The van der Waals surface area contributed by atoms with E-state index in [0.29, 0.717) is 6.10 Å². The molecule has 0 aliphatic heterocycles. The molecule has 1 aliphatic rings. The minimum atomic E-state index is 0.554. The van der Waals surface area contributed by atoms with Crippen molar-refractivity contribution >= 4 is 0 Å². The molecule has 2 atom stereocenters. The summed E-state index contributed by atoms with van der Waals surface area (Å²) < 4.78 is 5.30. The Morgan fingerprint density at radius 2 is 1.89 bits per heavy atom. The molecule has 1 fully saturated rings. The SMILES string of the molecule is CO[C@H]1CCCCC1C. The van der Waals surface area contributed by atoms with Gasteiger partial charge in [0, 0.05) is 7.11 Å². The lowest BCUT2D eigenvalue weighted by atomic mass is 9.88. The second-order valence-electron chi connectivity index (χ2n) is 3.04. The molecule has 0 radical (unpaired) electrons. The summed E-state index contributed by atoms with van der Waals surface area (Å²) in [7, 11) is 1.83. The standard InChI is InChI=1S/C8H16O/c1-7-5-3-4-6-8(7)9-2/h7-8H,3-6H2,1-2H3/t7?,8-/m0/s1. The third kappa shape index (κ3) is 1.68. The van der Waals surface area contributed by atoms with Crippen molar-refractivity contribution < 1.29 is 4.74 Å². The van der Waals surface area contributed by atoms with Gasteiger partial charge in [0.25, 0.3) is 0 Å². The molecule has 0 heterocycles. The van der Waals surface area contributed by atoms with E-state index in [1.807, 2.05) is 7.11 Å². The molecule has 1 aliphatic carbocycles. The lowest BCUT2D eigenvalue weighted by Crippen LogP contribution is -2.23. The Kier molecular flexibility index (Phi) is 2.52. The Bertz CT molecular complexity index is 80.6. The minimum absolute atomic E-state index is 0.554. The maximum atomic E-state index is 5.30. The molecule has 9 heavy (non-hydrogen) atoms. The summed E-state index contributed by atoms with van der Waals surface area (Å²) in [6, 6.07) is 0. The average Bonchev–Trinajstić information content (AvgIpc) is 1.89. The number of ether oxygens (including phenoxy) is 1. The second kappa shape index (κ2) is 3.21. The van der Waals surface area contributed by atoms with Gasteiger partial charge in [-0.25, -0.2) is 0 Å². The number of hydrogen-bond donors (Lipinski definition) is 0. The smallest absolute Gasteiger partial charge is 0.0596 e. The Balaban J connectivity index is 2.30. The van der Waals surface area contributed by atoms with Crippen LogP contribution in [-0.4, -0.2) is 13.2 Å². The quantitative estimate of drug-likeness (QED) is 0.526. The average molecular weight is 128 g/mol. The van der Waals surface area contributed by atoms with E-state index in [2.05, 4.69) is 6.92 Å². The van der Waals surface area contributed by atoms with Gasteiger partial charge in [-0.1, -0.05) is 19.8 Å². The van der Waals surface area contributed by atoms with Gasteiger partial charge in [0.1, 0.15) is 0 Å². The van der Waals surface area contributed by atoms with E-state index in [4.69, 9.17) is 4.74 Å². The lowest BCUT2D eigenvalue weighted by Gasteiger charge is -2.26. The highest BCUT2D eigenvalue weighted by molar-refractivity contribution is 4.71. The summed E-state index contributed by atoms with van der Waals surface area (Å²) in [5.41, 5.74) is 0. The molecule has 0 bridgehead atoms. The van der Waals surface area contributed by atoms with E-state index in [0.717, 1.165) is 5.92 Å². The minimum Gasteiger partial charge on any atom is -0.381 e. The predicted molar refractivity (Wildman–Crippen MR) is 38.4 cm³/mol. The van der Waals surface area contributed by atoms with Crippen LogP contribution in [0.15, 0.2) is 0 Å².